The van der Waals surface area contributed by atoms with Crippen LogP contribution in [0.25, 0.3) is 0 Å². The van der Waals surface area contributed by atoms with Gasteiger partial charge in [0.2, 0.25) is 11.5 Å². The summed E-state index contributed by atoms with van der Waals surface area (Å²) in [5.74, 6) is -3.35. The molecule has 37 heavy (non-hydrogen) atoms. The van der Waals surface area contributed by atoms with Crippen LogP contribution >= 0.6 is 0 Å². The molecule has 0 radical (unpaired) electrons. The van der Waals surface area contributed by atoms with E-state index in [-0.39, 0.29) is 37.0 Å². The van der Waals surface area contributed by atoms with Crippen LogP contribution in [0.2, 0.25) is 0 Å². The van der Waals surface area contributed by atoms with E-state index in [1.807, 2.05) is 0 Å². The number of carboxylic acids is 1. The van der Waals surface area contributed by atoms with Crippen molar-refractivity contribution in [1.29, 1.82) is 0 Å². The molecular weight excluding hydrogens is 502 g/mol. The molecule has 1 fully saturated rings. The third-order valence-corrected chi connectivity index (χ3v) is 8.33. The molecule has 1 aliphatic carbocycles. The number of esters is 1. The van der Waals surface area contributed by atoms with Gasteiger partial charge in [-0.25, -0.2) is 4.79 Å². The van der Waals surface area contributed by atoms with Gasteiger partial charge in [0, 0.05) is 18.9 Å². The summed E-state index contributed by atoms with van der Waals surface area (Å²) in [6.07, 6.45) is 2.65. The summed E-state index contributed by atoms with van der Waals surface area (Å²) in [7, 11) is -4.13. The summed E-state index contributed by atoms with van der Waals surface area (Å²) in [5.41, 5.74) is -3.61. The first-order valence-electron chi connectivity index (χ1n) is 12.6. The molecule has 0 heterocycles. The number of hydrogen-bond donors (Lipinski definition) is 3. The molecule has 3 N–H and O–H groups in total. The second-order valence-corrected chi connectivity index (χ2v) is 11.9. The fraction of sp³-hybridized carbons (Fsp3) is 0.654. The molecule has 10 nitrogen and oxygen atoms in total. The fourth-order valence-corrected chi connectivity index (χ4v) is 6.01. The van der Waals surface area contributed by atoms with Gasteiger partial charge in [0.05, 0.1) is 18.3 Å². The van der Waals surface area contributed by atoms with E-state index >= 15 is 0 Å². The van der Waals surface area contributed by atoms with Gasteiger partial charge in [-0.1, -0.05) is 63.4 Å². The Labute approximate surface area is 218 Å². The zero-order valence-corrected chi connectivity index (χ0v) is 22.6. The standard InChI is InChI=1S/C26H39NO9S/c1-19(28)27-15-10-16-37(33,34)36-23(21-13-8-5-9-14-21)25(2,3)26(32,24(30)31)18-35-22(29)17-20-11-6-4-7-12-20/h4,6-7,11-12,21,23,32H,5,8-10,13-18H2,1-3H3,(H,27,28)(H,30,31)/t23?,26-/m1/s1. The lowest BCUT2D eigenvalue weighted by molar-refractivity contribution is -0.201. The number of amides is 1. The first kappa shape index (κ1) is 30.7. The van der Waals surface area contributed by atoms with E-state index in [2.05, 4.69) is 5.32 Å². The molecule has 11 heteroatoms. The predicted molar refractivity (Wildman–Crippen MR) is 136 cm³/mol. The third-order valence-electron chi connectivity index (χ3n) is 7.04. The molecule has 0 bridgehead atoms. The summed E-state index contributed by atoms with van der Waals surface area (Å²) >= 11 is 0. The van der Waals surface area contributed by atoms with Gasteiger partial charge in [0.1, 0.15) is 6.61 Å². The average Bonchev–Trinajstić information content (AvgIpc) is 2.84. The number of ether oxygens (including phenoxy) is 1. The number of carbonyl (C=O) groups excluding carboxylic acids is 2. The first-order chi connectivity index (χ1) is 17.3. The minimum Gasteiger partial charge on any atom is -0.479 e. The maximum atomic E-state index is 12.9. The number of nitrogens with one attached hydrogen (secondary N) is 1. The highest BCUT2D eigenvalue weighted by Crippen LogP contribution is 2.44. The van der Waals surface area contributed by atoms with E-state index in [9.17, 15) is 33.0 Å². The lowest BCUT2D eigenvalue weighted by atomic mass is 9.65. The van der Waals surface area contributed by atoms with Gasteiger partial charge in [0.25, 0.3) is 10.1 Å². The number of carboxylic acid groups (broad SMARTS) is 1. The maximum Gasteiger partial charge on any atom is 0.340 e. The van der Waals surface area contributed by atoms with Gasteiger partial charge in [-0.05, 0) is 30.7 Å². The van der Waals surface area contributed by atoms with Gasteiger partial charge in [0.15, 0.2) is 0 Å². The number of aliphatic hydroxyl groups is 1. The quantitative estimate of drug-likeness (QED) is 0.183. The summed E-state index contributed by atoms with van der Waals surface area (Å²) in [6, 6.07) is 8.74. The Morgan fingerprint density at radius 3 is 2.30 bits per heavy atom. The van der Waals surface area contributed by atoms with Crippen LogP contribution in [0, 0.1) is 11.3 Å². The van der Waals surface area contributed by atoms with Crippen LogP contribution in [0.1, 0.15) is 64.9 Å². The van der Waals surface area contributed by atoms with Gasteiger partial charge >= 0.3 is 11.9 Å². The Morgan fingerprint density at radius 1 is 1.11 bits per heavy atom. The van der Waals surface area contributed by atoms with E-state index in [1.54, 1.807) is 30.3 Å². The summed E-state index contributed by atoms with van der Waals surface area (Å²) in [5, 5.41) is 24.0. The Morgan fingerprint density at radius 2 is 1.73 bits per heavy atom. The van der Waals surface area contributed by atoms with Crippen molar-refractivity contribution in [3.05, 3.63) is 35.9 Å². The molecule has 0 spiro atoms. The number of aliphatic carboxylic acids is 1. The highest BCUT2D eigenvalue weighted by Gasteiger charge is 2.58. The first-order valence-corrected chi connectivity index (χ1v) is 14.2. The number of rotatable bonds is 14. The predicted octanol–water partition coefficient (Wildman–Crippen LogP) is 2.44. The van der Waals surface area contributed by atoms with Crippen LogP contribution in [-0.2, 0) is 39.8 Å². The molecule has 0 aliphatic heterocycles. The van der Waals surface area contributed by atoms with Crippen molar-refractivity contribution in [3.8, 4) is 0 Å². The summed E-state index contributed by atoms with van der Waals surface area (Å²) in [4.78, 5) is 35.9. The highest BCUT2D eigenvalue weighted by molar-refractivity contribution is 7.86. The number of carbonyl (C=O) groups is 3. The minimum absolute atomic E-state index is 0.109. The van der Waals surface area contributed by atoms with Crippen LogP contribution in [-0.4, -0.2) is 67.1 Å². The van der Waals surface area contributed by atoms with E-state index in [4.69, 9.17) is 8.92 Å². The Hall–Kier alpha value is -2.50. The Balaban J connectivity index is 2.25. The molecule has 2 rings (SSSR count). The average molecular weight is 542 g/mol. The molecule has 1 aromatic rings. The van der Waals surface area contributed by atoms with Gasteiger partial charge < -0.3 is 20.3 Å². The lowest BCUT2D eigenvalue weighted by Gasteiger charge is -2.46. The minimum atomic E-state index is -4.13. The second kappa shape index (κ2) is 13.3. The van der Waals surface area contributed by atoms with Gasteiger partial charge in [-0.2, -0.15) is 8.42 Å². The Bertz CT molecular complexity index is 1020. The number of benzene rings is 1. The SMILES string of the molecule is CC(=O)NCCCS(=O)(=O)OC(C1CCCCC1)C(C)(C)[C@@](O)(COC(=O)Cc1ccccc1)C(=O)O. The largest absolute Gasteiger partial charge is 0.479 e. The maximum absolute atomic E-state index is 12.9. The zero-order chi connectivity index (χ0) is 27.7. The molecule has 1 amide bonds. The lowest BCUT2D eigenvalue weighted by Crippen LogP contribution is -2.62. The monoisotopic (exact) mass is 541 g/mol. The number of hydrogen-bond acceptors (Lipinski definition) is 8. The topological polar surface area (TPSA) is 156 Å². The Kier molecular flexibility index (Phi) is 11.1. The smallest absolute Gasteiger partial charge is 0.340 e. The van der Waals surface area contributed by atoms with E-state index in [0.717, 1.165) is 19.3 Å². The highest BCUT2D eigenvalue weighted by atomic mass is 32.2. The van der Waals surface area contributed by atoms with E-state index in [0.29, 0.717) is 18.4 Å². The molecule has 2 atom stereocenters. The molecule has 1 aromatic carbocycles. The molecule has 1 unspecified atom stereocenters. The van der Waals surface area contributed by atoms with Gasteiger partial charge in [-0.3, -0.25) is 13.8 Å². The summed E-state index contributed by atoms with van der Waals surface area (Å²) in [6.45, 7) is 3.46. The normalized spacial score (nSPS) is 17.4. The zero-order valence-electron chi connectivity index (χ0n) is 21.8. The fourth-order valence-electron chi connectivity index (χ4n) is 4.70. The van der Waals surface area contributed by atoms with Crippen molar-refractivity contribution >= 4 is 28.0 Å². The van der Waals surface area contributed by atoms with Crippen LogP contribution in [0.15, 0.2) is 30.3 Å². The third kappa shape index (κ3) is 8.79. The molecule has 1 aliphatic rings. The molecule has 208 valence electrons. The van der Waals surface area contributed by atoms with Crippen molar-refractivity contribution in [1.82, 2.24) is 5.32 Å². The van der Waals surface area contributed by atoms with Gasteiger partial charge in [-0.15, -0.1) is 0 Å². The molecule has 0 saturated heterocycles. The van der Waals surface area contributed by atoms with Crippen LogP contribution < -0.4 is 5.32 Å². The van der Waals surface area contributed by atoms with Crippen LogP contribution in [0.3, 0.4) is 0 Å². The van der Waals surface area contributed by atoms with E-state index in [1.165, 1.54) is 20.8 Å². The molecule has 1 saturated carbocycles. The second-order valence-electron chi connectivity index (χ2n) is 10.2. The van der Waals surface area contributed by atoms with Crippen molar-refractivity contribution < 1.29 is 41.9 Å². The van der Waals surface area contributed by atoms with Crippen molar-refractivity contribution in [2.45, 2.75) is 77.4 Å². The van der Waals surface area contributed by atoms with Crippen molar-refractivity contribution in [2.75, 3.05) is 18.9 Å². The van der Waals surface area contributed by atoms with Crippen LogP contribution in [0.4, 0.5) is 0 Å². The van der Waals surface area contributed by atoms with Crippen molar-refractivity contribution in [3.63, 3.8) is 0 Å². The molecule has 0 aromatic heterocycles. The van der Waals surface area contributed by atoms with Crippen LogP contribution in [0.5, 0.6) is 0 Å². The van der Waals surface area contributed by atoms with E-state index < -0.39 is 45.8 Å². The molecular formula is C26H39NO9S. The summed E-state index contributed by atoms with van der Waals surface area (Å²) < 4.78 is 36.6. The van der Waals surface area contributed by atoms with Crippen molar-refractivity contribution in [2.24, 2.45) is 11.3 Å².